The van der Waals surface area contributed by atoms with Crippen LogP contribution in [0.3, 0.4) is 0 Å². The quantitative estimate of drug-likeness (QED) is 0.236. The average Bonchev–Trinajstić information content (AvgIpc) is 2.74. The second-order valence-electron chi connectivity index (χ2n) is 7.07. The highest BCUT2D eigenvalue weighted by Gasteiger charge is 2.90. The van der Waals surface area contributed by atoms with Gasteiger partial charge in [0.05, 0.1) is 0 Å². The van der Waals surface area contributed by atoms with E-state index in [9.17, 15) is 57.1 Å². The molecule has 0 saturated heterocycles. The summed E-state index contributed by atoms with van der Waals surface area (Å²) in [5.74, 6) is -36.7. The van der Waals surface area contributed by atoms with E-state index in [1.807, 2.05) is 0 Å². The highest BCUT2D eigenvalue weighted by atomic mass is 31.1. The van der Waals surface area contributed by atoms with Crippen LogP contribution in [0, 0.1) is 0 Å². The Kier molecular flexibility index (Phi) is 7.63. The van der Waals surface area contributed by atoms with E-state index in [1.54, 1.807) is 0 Å². The summed E-state index contributed by atoms with van der Waals surface area (Å²) in [7, 11) is -1.94. The zero-order valence-corrected chi connectivity index (χ0v) is 17.4. The fraction of sp³-hybridized carbons (Fsp3) is 0.400. The number of alkyl halides is 13. The second-order valence-corrected chi connectivity index (χ2v) is 9.41. The largest absolute Gasteiger partial charge is 0.460 e. The fourth-order valence-corrected chi connectivity index (χ4v) is 5.22. The minimum atomic E-state index is -7.88. The maximum atomic E-state index is 14.2. The summed E-state index contributed by atoms with van der Waals surface area (Å²) >= 11 is 0. The third kappa shape index (κ3) is 4.72. The first-order valence-electron chi connectivity index (χ1n) is 9.15. The summed E-state index contributed by atoms with van der Waals surface area (Å²) in [6.45, 7) is 0. The van der Waals surface area contributed by atoms with Crippen LogP contribution in [0.15, 0.2) is 60.7 Å². The monoisotopic (exact) mass is 532 g/mol. The number of hydrogen-bond donors (Lipinski definition) is 0. The van der Waals surface area contributed by atoms with E-state index in [2.05, 4.69) is 0 Å². The van der Waals surface area contributed by atoms with Crippen molar-refractivity contribution in [2.75, 3.05) is 6.16 Å². The summed E-state index contributed by atoms with van der Waals surface area (Å²) in [6.07, 6.45) is -10.6. The van der Waals surface area contributed by atoms with Gasteiger partial charge >= 0.3 is 35.8 Å². The van der Waals surface area contributed by atoms with Crippen LogP contribution >= 0.6 is 7.92 Å². The van der Waals surface area contributed by atoms with Crippen molar-refractivity contribution in [1.82, 2.24) is 0 Å². The molecule has 0 aliphatic carbocycles. The topological polar surface area (TPSA) is 0 Å². The number of halogens is 13. The van der Waals surface area contributed by atoms with Gasteiger partial charge in [-0.15, -0.1) is 0 Å². The summed E-state index contributed by atoms with van der Waals surface area (Å²) < 4.78 is 173. The summed E-state index contributed by atoms with van der Waals surface area (Å²) in [6, 6.07) is 14.5. The SMILES string of the molecule is FC(F)(F)C(F)(F)C(F)(F)C(F)(F)C(F)(F)C(F)(F)CCP(c1ccccc1)c1ccccc1. The van der Waals surface area contributed by atoms with Gasteiger partial charge in [-0.2, -0.15) is 57.1 Å². The predicted octanol–water partition coefficient (Wildman–Crippen LogP) is 7.25. The first-order chi connectivity index (χ1) is 15.3. The van der Waals surface area contributed by atoms with Crippen molar-refractivity contribution in [3.63, 3.8) is 0 Å². The lowest BCUT2D eigenvalue weighted by Gasteiger charge is -2.40. The number of rotatable bonds is 9. The van der Waals surface area contributed by atoms with Gasteiger partial charge < -0.3 is 0 Å². The van der Waals surface area contributed by atoms with Gasteiger partial charge in [0.25, 0.3) is 0 Å². The molecule has 0 fully saturated rings. The zero-order chi connectivity index (χ0) is 26.2. The van der Waals surface area contributed by atoms with E-state index >= 15 is 0 Å². The molecule has 190 valence electrons. The van der Waals surface area contributed by atoms with Crippen molar-refractivity contribution in [3.05, 3.63) is 60.7 Å². The number of hydrogen-bond acceptors (Lipinski definition) is 0. The molecule has 2 aromatic rings. The van der Waals surface area contributed by atoms with Crippen LogP contribution in [0.5, 0.6) is 0 Å². The van der Waals surface area contributed by atoms with Gasteiger partial charge in [0.2, 0.25) is 0 Å². The smallest absolute Gasteiger partial charge is 0.200 e. The molecule has 0 unspecified atom stereocenters. The van der Waals surface area contributed by atoms with Gasteiger partial charge in [-0.05, 0) is 24.7 Å². The van der Waals surface area contributed by atoms with Crippen molar-refractivity contribution in [1.29, 1.82) is 0 Å². The van der Waals surface area contributed by atoms with Crippen molar-refractivity contribution in [3.8, 4) is 0 Å². The molecule has 0 N–H and O–H groups in total. The van der Waals surface area contributed by atoms with E-state index in [1.165, 1.54) is 60.7 Å². The van der Waals surface area contributed by atoms with Crippen molar-refractivity contribution >= 4 is 18.5 Å². The van der Waals surface area contributed by atoms with E-state index in [0.29, 0.717) is 10.6 Å². The normalized spacial score (nSPS) is 14.5. The summed E-state index contributed by atoms with van der Waals surface area (Å²) in [5, 5.41) is 0.618. The molecule has 34 heavy (non-hydrogen) atoms. The average molecular weight is 532 g/mol. The molecule has 2 aromatic carbocycles. The van der Waals surface area contributed by atoms with E-state index in [-0.39, 0.29) is 0 Å². The Morgan fingerprint density at radius 3 is 1.18 bits per heavy atom. The third-order valence-electron chi connectivity index (χ3n) is 4.78. The van der Waals surface area contributed by atoms with Gasteiger partial charge in [0, 0.05) is 6.42 Å². The fourth-order valence-electron chi connectivity index (χ4n) is 2.83. The zero-order valence-electron chi connectivity index (χ0n) is 16.5. The van der Waals surface area contributed by atoms with Gasteiger partial charge in [0.1, 0.15) is 0 Å². The predicted molar refractivity (Wildman–Crippen MR) is 99.3 cm³/mol. The van der Waals surface area contributed by atoms with Crippen LogP contribution in [0.1, 0.15) is 6.42 Å². The van der Waals surface area contributed by atoms with E-state index < -0.39 is 56.3 Å². The Labute approximate surface area is 185 Å². The molecule has 0 bridgehead atoms. The molecule has 0 nitrogen and oxygen atoms in total. The minimum absolute atomic E-state index is 0.309. The van der Waals surface area contributed by atoms with Gasteiger partial charge in [0.15, 0.2) is 0 Å². The van der Waals surface area contributed by atoms with Crippen molar-refractivity contribution < 1.29 is 57.1 Å². The van der Waals surface area contributed by atoms with Crippen LogP contribution in [-0.2, 0) is 0 Å². The molecule has 0 aromatic heterocycles. The Balaban J connectivity index is 2.41. The van der Waals surface area contributed by atoms with Crippen LogP contribution in [0.4, 0.5) is 57.1 Å². The Morgan fingerprint density at radius 1 is 0.471 bits per heavy atom. The lowest BCUT2D eigenvalue weighted by Crippen LogP contribution is -2.70. The molecule has 2 rings (SSSR count). The molecule has 0 aliphatic rings. The molecule has 0 spiro atoms. The molecular formula is C20H14F13P. The van der Waals surface area contributed by atoms with E-state index in [0.717, 1.165) is 0 Å². The van der Waals surface area contributed by atoms with Crippen LogP contribution in [-0.4, -0.2) is 42.0 Å². The van der Waals surface area contributed by atoms with Crippen molar-refractivity contribution in [2.45, 2.75) is 42.2 Å². The summed E-state index contributed by atoms with van der Waals surface area (Å²) in [4.78, 5) is 0. The van der Waals surface area contributed by atoms with Crippen molar-refractivity contribution in [2.24, 2.45) is 0 Å². The van der Waals surface area contributed by atoms with Crippen LogP contribution in [0.25, 0.3) is 0 Å². The lowest BCUT2D eigenvalue weighted by atomic mass is 9.93. The molecule has 0 aliphatic heterocycles. The number of benzene rings is 2. The van der Waals surface area contributed by atoms with Crippen LogP contribution in [0.2, 0.25) is 0 Å². The molecule has 0 saturated carbocycles. The highest BCUT2D eigenvalue weighted by molar-refractivity contribution is 7.73. The molecule has 14 heteroatoms. The first kappa shape index (κ1) is 28.2. The van der Waals surface area contributed by atoms with Gasteiger partial charge in [-0.3, -0.25) is 0 Å². The molecular weight excluding hydrogens is 518 g/mol. The van der Waals surface area contributed by atoms with E-state index in [4.69, 9.17) is 0 Å². The third-order valence-corrected chi connectivity index (χ3v) is 7.30. The van der Waals surface area contributed by atoms with Gasteiger partial charge in [-0.25, -0.2) is 0 Å². The maximum absolute atomic E-state index is 14.2. The first-order valence-corrected chi connectivity index (χ1v) is 10.7. The lowest BCUT2D eigenvalue weighted by molar-refractivity contribution is -0.439. The van der Waals surface area contributed by atoms with Gasteiger partial charge in [-0.1, -0.05) is 60.7 Å². The Morgan fingerprint density at radius 2 is 0.824 bits per heavy atom. The molecule has 0 atom stereocenters. The molecule has 0 radical (unpaired) electrons. The minimum Gasteiger partial charge on any atom is -0.200 e. The Bertz CT molecular complexity index is 900. The highest BCUT2D eigenvalue weighted by Crippen LogP contribution is 2.61. The Hall–Kier alpha value is -2.04. The molecule has 0 heterocycles. The summed E-state index contributed by atoms with van der Waals surface area (Å²) in [5.41, 5.74) is 0. The molecule has 0 amide bonds. The maximum Gasteiger partial charge on any atom is 0.460 e. The second kappa shape index (κ2) is 9.20. The van der Waals surface area contributed by atoms with Crippen LogP contribution < -0.4 is 10.6 Å². The standard InChI is InChI=1S/C20H14F13P/c21-15(22,16(23,24)17(25,26)18(27,28)19(29,30)20(31,32)33)11-12-34(13-7-3-1-4-8-13)14-9-5-2-6-10-14/h1-10H,11-12H2.